The third-order valence-corrected chi connectivity index (χ3v) is 4.67. The lowest BCUT2D eigenvalue weighted by molar-refractivity contribution is 0.282. The fourth-order valence-electron chi connectivity index (χ4n) is 2.69. The second-order valence-corrected chi connectivity index (χ2v) is 6.38. The van der Waals surface area contributed by atoms with E-state index in [9.17, 15) is 5.11 Å². The van der Waals surface area contributed by atoms with Crippen molar-refractivity contribution in [2.24, 2.45) is 7.05 Å². The molecule has 1 aromatic carbocycles. The van der Waals surface area contributed by atoms with Crippen LogP contribution in [0.2, 0.25) is 0 Å². The first-order valence-corrected chi connectivity index (χ1v) is 7.95. The lowest BCUT2D eigenvalue weighted by Gasteiger charge is -1.98. The van der Waals surface area contributed by atoms with E-state index in [0.717, 1.165) is 11.1 Å². The topological polar surface area (TPSA) is 55.3 Å². The molecule has 4 rings (SSSR count). The van der Waals surface area contributed by atoms with E-state index < -0.39 is 0 Å². The Hall–Kier alpha value is -1.93. The number of hydrogen-bond acceptors (Lipinski definition) is 3. The molecule has 0 amide bonds. The van der Waals surface area contributed by atoms with Crippen molar-refractivity contribution < 1.29 is 5.11 Å². The predicted molar refractivity (Wildman–Crippen MR) is 93.5 cm³/mol. The van der Waals surface area contributed by atoms with Gasteiger partial charge in [-0.15, -0.1) is 5.10 Å². The Morgan fingerprint density at radius 2 is 2.14 bits per heavy atom. The number of fused-ring (bicyclic) bond motifs is 2. The zero-order valence-electron chi connectivity index (χ0n) is 11.9. The van der Waals surface area contributed by atoms with E-state index in [2.05, 4.69) is 55.6 Å². The van der Waals surface area contributed by atoms with Crippen molar-refractivity contribution in [3.8, 4) is 11.4 Å². The minimum Gasteiger partial charge on any atom is -0.392 e. The highest BCUT2D eigenvalue weighted by molar-refractivity contribution is 14.1. The number of aromatic nitrogens is 4. The van der Waals surface area contributed by atoms with Crippen LogP contribution in [0.15, 0.2) is 42.7 Å². The molecule has 0 aliphatic heterocycles. The minimum absolute atomic E-state index is 0.0436. The van der Waals surface area contributed by atoms with Gasteiger partial charge in [0.1, 0.15) is 0 Å². The van der Waals surface area contributed by atoms with Crippen molar-refractivity contribution in [3.05, 3.63) is 51.9 Å². The molecular formula is C16H13IN4O. The molecule has 0 saturated carbocycles. The molecule has 22 heavy (non-hydrogen) atoms. The van der Waals surface area contributed by atoms with E-state index in [1.54, 1.807) is 4.52 Å². The third kappa shape index (κ3) is 2.02. The van der Waals surface area contributed by atoms with Gasteiger partial charge < -0.3 is 9.67 Å². The number of rotatable bonds is 2. The van der Waals surface area contributed by atoms with Crippen molar-refractivity contribution >= 4 is 39.1 Å². The summed E-state index contributed by atoms with van der Waals surface area (Å²) in [6.45, 7) is -0.0436. The first-order valence-electron chi connectivity index (χ1n) is 6.87. The molecule has 0 spiro atoms. The second-order valence-electron chi connectivity index (χ2n) is 5.21. The van der Waals surface area contributed by atoms with Crippen LogP contribution in [0.4, 0.5) is 0 Å². The van der Waals surface area contributed by atoms with Gasteiger partial charge >= 0.3 is 0 Å². The van der Waals surface area contributed by atoms with E-state index in [1.165, 1.54) is 14.5 Å². The van der Waals surface area contributed by atoms with Crippen molar-refractivity contribution in [2.45, 2.75) is 6.61 Å². The Labute approximate surface area is 140 Å². The van der Waals surface area contributed by atoms with Crippen LogP contribution in [-0.2, 0) is 13.7 Å². The number of aliphatic hydroxyl groups excluding tert-OH is 1. The third-order valence-electron chi connectivity index (χ3n) is 3.81. The molecular weight excluding hydrogens is 391 g/mol. The number of halogens is 1. The molecule has 0 unspecified atom stereocenters. The van der Waals surface area contributed by atoms with E-state index in [-0.39, 0.29) is 6.61 Å². The number of pyridine rings is 1. The van der Waals surface area contributed by atoms with Crippen LogP contribution in [0, 0.1) is 3.57 Å². The molecule has 3 aromatic heterocycles. The van der Waals surface area contributed by atoms with Gasteiger partial charge in [-0.1, -0.05) is 6.07 Å². The van der Waals surface area contributed by atoms with Gasteiger partial charge in [-0.25, -0.2) is 9.50 Å². The van der Waals surface area contributed by atoms with E-state index in [0.29, 0.717) is 11.5 Å². The highest BCUT2D eigenvalue weighted by Gasteiger charge is 2.11. The summed E-state index contributed by atoms with van der Waals surface area (Å²) in [6.07, 6.45) is 3.95. The normalized spacial score (nSPS) is 11.6. The van der Waals surface area contributed by atoms with Crippen LogP contribution in [0.25, 0.3) is 27.9 Å². The molecule has 1 N–H and O–H groups in total. The molecule has 110 valence electrons. The van der Waals surface area contributed by atoms with Crippen LogP contribution in [0.1, 0.15) is 5.56 Å². The van der Waals surface area contributed by atoms with Crippen LogP contribution in [-0.4, -0.2) is 24.3 Å². The molecule has 0 saturated heterocycles. The predicted octanol–water partition coefficient (Wildman–Crippen LogP) is 2.98. The van der Waals surface area contributed by atoms with Crippen LogP contribution in [0.5, 0.6) is 0 Å². The Morgan fingerprint density at radius 3 is 2.95 bits per heavy atom. The summed E-state index contributed by atoms with van der Waals surface area (Å²) in [5.74, 6) is 0.669. The number of nitrogens with zero attached hydrogens (tertiary/aromatic N) is 4. The van der Waals surface area contributed by atoms with Gasteiger partial charge in [0.15, 0.2) is 11.5 Å². The largest absolute Gasteiger partial charge is 0.392 e. The Balaban J connectivity index is 1.93. The molecule has 0 fully saturated rings. The highest BCUT2D eigenvalue weighted by Crippen LogP contribution is 2.27. The Kier molecular flexibility index (Phi) is 3.16. The van der Waals surface area contributed by atoms with Crippen molar-refractivity contribution in [2.75, 3.05) is 0 Å². The van der Waals surface area contributed by atoms with Crippen molar-refractivity contribution in [1.29, 1.82) is 0 Å². The van der Waals surface area contributed by atoms with Gasteiger partial charge in [0.2, 0.25) is 0 Å². The highest BCUT2D eigenvalue weighted by atomic mass is 127. The van der Waals surface area contributed by atoms with Gasteiger partial charge in [-0.2, -0.15) is 0 Å². The second kappa shape index (κ2) is 5.06. The maximum atomic E-state index is 9.41. The summed E-state index contributed by atoms with van der Waals surface area (Å²) in [4.78, 5) is 4.58. The quantitative estimate of drug-likeness (QED) is 0.523. The smallest absolute Gasteiger partial charge is 0.182 e. The molecule has 0 aliphatic rings. The van der Waals surface area contributed by atoms with Gasteiger partial charge in [0.25, 0.3) is 0 Å². The summed E-state index contributed by atoms with van der Waals surface area (Å²) >= 11 is 2.34. The molecule has 4 aromatic rings. The van der Waals surface area contributed by atoms with E-state index in [4.69, 9.17) is 0 Å². The average molecular weight is 404 g/mol. The molecule has 0 radical (unpaired) electrons. The summed E-state index contributed by atoms with van der Waals surface area (Å²) in [5, 5.41) is 15.1. The molecule has 3 heterocycles. The maximum Gasteiger partial charge on any atom is 0.182 e. The fourth-order valence-corrected chi connectivity index (χ4v) is 3.54. The molecule has 0 aliphatic carbocycles. The number of benzene rings is 1. The van der Waals surface area contributed by atoms with Gasteiger partial charge in [-0.3, -0.25) is 0 Å². The molecule has 6 heteroatoms. The average Bonchev–Trinajstić information content (AvgIpc) is 3.08. The lowest BCUT2D eigenvalue weighted by atomic mass is 10.1. The van der Waals surface area contributed by atoms with E-state index >= 15 is 0 Å². The Morgan fingerprint density at radius 1 is 1.27 bits per heavy atom. The number of aliphatic hydroxyl groups is 1. The summed E-state index contributed by atoms with van der Waals surface area (Å²) in [5.41, 5.74) is 3.64. The van der Waals surface area contributed by atoms with Gasteiger partial charge in [0, 0.05) is 45.0 Å². The molecule has 0 atom stereocenters. The van der Waals surface area contributed by atoms with Crippen molar-refractivity contribution in [3.63, 3.8) is 0 Å². The van der Waals surface area contributed by atoms with E-state index in [1.807, 2.05) is 31.4 Å². The first kappa shape index (κ1) is 13.7. The fraction of sp³-hybridized carbons (Fsp3) is 0.125. The lowest BCUT2D eigenvalue weighted by Crippen LogP contribution is -1.92. The zero-order chi connectivity index (χ0) is 15.3. The number of hydrogen-bond donors (Lipinski definition) is 1. The first-order chi connectivity index (χ1) is 10.7. The van der Waals surface area contributed by atoms with Gasteiger partial charge in [0.05, 0.1) is 6.61 Å². The monoisotopic (exact) mass is 404 g/mol. The minimum atomic E-state index is -0.0436. The van der Waals surface area contributed by atoms with Crippen LogP contribution in [0.3, 0.4) is 0 Å². The Bertz CT molecular complexity index is 1000. The van der Waals surface area contributed by atoms with Gasteiger partial charge in [-0.05, 0) is 46.9 Å². The summed E-state index contributed by atoms with van der Waals surface area (Å²) in [7, 11) is 2.04. The maximum absolute atomic E-state index is 9.41. The van der Waals surface area contributed by atoms with Crippen LogP contribution < -0.4 is 0 Å². The van der Waals surface area contributed by atoms with Crippen LogP contribution >= 0.6 is 22.6 Å². The number of aryl methyl sites for hydroxylation is 1. The SMILES string of the molecule is Cn1cc(I)c2cc(-c3nc4c(CO)cccn4n3)ccc21. The molecule has 0 bridgehead atoms. The zero-order valence-corrected chi connectivity index (χ0v) is 14.0. The molecule has 5 nitrogen and oxygen atoms in total. The summed E-state index contributed by atoms with van der Waals surface area (Å²) < 4.78 is 5.03. The standard InChI is InChI=1S/C16H13IN4O/c1-20-8-13(17)12-7-10(4-5-14(12)20)15-18-16-11(9-22)3-2-6-21(16)19-15/h2-8,22H,9H2,1H3. The van der Waals surface area contributed by atoms with Crippen molar-refractivity contribution in [1.82, 2.24) is 19.2 Å². The summed E-state index contributed by atoms with van der Waals surface area (Å²) in [6, 6.07) is 9.96.